The summed E-state index contributed by atoms with van der Waals surface area (Å²) in [6, 6.07) is 0.617. The van der Waals surface area contributed by atoms with Gasteiger partial charge in [0.25, 0.3) is 0 Å². The Bertz CT molecular complexity index is 179. The molecule has 4 heteroatoms. The summed E-state index contributed by atoms with van der Waals surface area (Å²) in [5.74, 6) is 0.529. The van der Waals surface area contributed by atoms with Gasteiger partial charge in [-0.3, -0.25) is 8.32 Å². The van der Waals surface area contributed by atoms with Crippen LogP contribution in [-0.2, 0) is 4.79 Å². The summed E-state index contributed by atoms with van der Waals surface area (Å²) in [7, 11) is 0. The highest BCUT2D eigenvalue weighted by Gasteiger charge is 2.25. The van der Waals surface area contributed by atoms with E-state index < -0.39 is 0 Å². The molecular weight excluding hydrogens is 291 g/mol. The zero-order chi connectivity index (χ0) is 10.4. The first-order chi connectivity index (χ1) is 6.77. The monoisotopic (exact) mass is 310 g/mol. The fourth-order valence-corrected chi connectivity index (χ4v) is 2.48. The maximum Gasteiger partial charge on any atom is 0.223 e. The lowest BCUT2D eigenvalue weighted by Crippen LogP contribution is -2.36. The smallest absolute Gasteiger partial charge is 0.223 e. The molecule has 0 aromatic rings. The van der Waals surface area contributed by atoms with E-state index in [0.717, 1.165) is 38.6 Å². The number of carbonyl (C=O) groups excluding carboxylic acids is 1. The molecule has 0 saturated heterocycles. The SMILES string of the molecule is CCCNC(=O)C1CCC(NI)CC1. The topological polar surface area (TPSA) is 41.1 Å². The number of nitrogens with one attached hydrogen (secondary N) is 2. The van der Waals surface area contributed by atoms with E-state index in [1.54, 1.807) is 0 Å². The van der Waals surface area contributed by atoms with Gasteiger partial charge in [-0.15, -0.1) is 0 Å². The van der Waals surface area contributed by atoms with Gasteiger partial charge < -0.3 is 5.32 Å². The van der Waals surface area contributed by atoms with Gasteiger partial charge in [0.2, 0.25) is 5.91 Å². The summed E-state index contributed by atoms with van der Waals surface area (Å²) >= 11 is 2.20. The Morgan fingerprint density at radius 3 is 2.50 bits per heavy atom. The van der Waals surface area contributed by atoms with Crippen molar-refractivity contribution in [2.24, 2.45) is 5.92 Å². The van der Waals surface area contributed by atoms with E-state index >= 15 is 0 Å². The average Bonchev–Trinajstić information content (AvgIpc) is 2.26. The summed E-state index contributed by atoms with van der Waals surface area (Å²) in [6.45, 7) is 2.90. The van der Waals surface area contributed by atoms with Crippen molar-refractivity contribution >= 4 is 28.8 Å². The lowest BCUT2D eigenvalue weighted by atomic mass is 9.86. The van der Waals surface area contributed by atoms with E-state index in [-0.39, 0.29) is 11.8 Å². The van der Waals surface area contributed by atoms with Crippen LogP contribution in [0.3, 0.4) is 0 Å². The van der Waals surface area contributed by atoms with Crippen LogP contribution in [0.2, 0.25) is 0 Å². The van der Waals surface area contributed by atoms with E-state index in [2.05, 4.69) is 38.6 Å². The van der Waals surface area contributed by atoms with Crippen LogP contribution in [0.15, 0.2) is 0 Å². The first kappa shape index (κ1) is 12.2. The number of carbonyl (C=O) groups is 1. The van der Waals surface area contributed by atoms with Crippen LogP contribution in [0.5, 0.6) is 0 Å². The van der Waals surface area contributed by atoms with Crippen LogP contribution < -0.4 is 8.85 Å². The van der Waals surface area contributed by atoms with Crippen molar-refractivity contribution in [3.05, 3.63) is 0 Å². The molecule has 0 heterocycles. The summed E-state index contributed by atoms with van der Waals surface area (Å²) < 4.78 is 3.24. The zero-order valence-electron chi connectivity index (χ0n) is 8.68. The van der Waals surface area contributed by atoms with E-state index in [0.29, 0.717) is 6.04 Å². The Kier molecular flexibility index (Phi) is 5.77. The van der Waals surface area contributed by atoms with Crippen molar-refractivity contribution in [1.82, 2.24) is 8.85 Å². The molecule has 0 bridgehead atoms. The highest BCUT2D eigenvalue weighted by Crippen LogP contribution is 2.24. The van der Waals surface area contributed by atoms with Crippen LogP contribution >= 0.6 is 22.9 Å². The van der Waals surface area contributed by atoms with Gasteiger partial charge in [0.1, 0.15) is 0 Å². The van der Waals surface area contributed by atoms with E-state index in [9.17, 15) is 4.79 Å². The zero-order valence-corrected chi connectivity index (χ0v) is 10.8. The fraction of sp³-hybridized carbons (Fsp3) is 0.900. The van der Waals surface area contributed by atoms with Gasteiger partial charge in [0.15, 0.2) is 0 Å². The highest BCUT2D eigenvalue weighted by atomic mass is 127. The molecule has 0 radical (unpaired) electrons. The summed E-state index contributed by atoms with van der Waals surface area (Å²) in [5.41, 5.74) is 0. The molecule has 14 heavy (non-hydrogen) atoms. The van der Waals surface area contributed by atoms with Crippen LogP contribution in [0.1, 0.15) is 39.0 Å². The Balaban J connectivity index is 2.23. The second-order valence-electron chi connectivity index (χ2n) is 3.95. The van der Waals surface area contributed by atoms with Gasteiger partial charge in [0.05, 0.1) is 0 Å². The molecule has 1 aliphatic carbocycles. The molecule has 1 saturated carbocycles. The summed E-state index contributed by atoms with van der Waals surface area (Å²) in [5, 5.41) is 2.97. The molecule has 0 atom stereocenters. The quantitative estimate of drug-likeness (QED) is 0.616. The molecule has 0 aliphatic heterocycles. The normalized spacial score (nSPS) is 27.3. The van der Waals surface area contributed by atoms with Crippen LogP contribution in [-0.4, -0.2) is 18.5 Å². The first-order valence-electron chi connectivity index (χ1n) is 5.41. The standard InChI is InChI=1S/C10H19IN2O/c1-2-7-12-10(14)8-3-5-9(13-11)6-4-8/h8-9,13H,2-7H2,1H3,(H,12,14). The maximum absolute atomic E-state index is 11.6. The Morgan fingerprint density at radius 1 is 1.36 bits per heavy atom. The number of hydrogen-bond donors (Lipinski definition) is 2. The Hall–Kier alpha value is 0.160. The number of amides is 1. The third-order valence-corrected chi connectivity index (χ3v) is 3.68. The predicted octanol–water partition coefficient (Wildman–Crippen LogP) is 2.01. The van der Waals surface area contributed by atoms with Gasteiger partial charge in [-0.25, -0.2) is 0 Å². The van der Waals surface area contributed by atoms with Gasteiger partial charge in [-0.1, -0.05) is 6.92 Å². The van der Waals surface area contributed by atoms with Gasteiger partial charge in [-0.05, 0) is 32.1 Å². The molecule has 1 fully saturated rings. The fourth-order valence-electron chi connectivity index (χ4n) is 1.86. The molecule has 1 amide bonds. The number of halogens is 1. The maximum atomic E-state index is 11.6. The number of rotatable bonds is 4. The van der Waals surface area contributed by atoms with E-state index in [1.807, 2.05) is 0 Å². The second kappa shape index (κ2) is 6.61. The van der Waals surface area contributed by atoms with Crippen molar-refractivity contribution in [1.29, 1.82) is 0 Å². The summed E-state index contributed by atoms with van der Waals surface area (Å²) in [4.78, 5) is 11.6. The van der Waals surface area contributed by atoms with Crippen molar-refractivity contribution in [3.8, 4) is 0 Å². The van der Waals surface area contributed by atoms with Gasteiger partial charge in [0, 0.05) is 41.4 Å². The molecule has 0 aromatic heterocycles. The van der Waals surface area contributed by atoms with Crippen molar-refractivity contribution in [2.75, 3.05) is 6.54 Å². The Labute approximate surface area is 99.9 Å². The van der Waals surface area contributed by atoms with Crippen LogP contribution in [0.25, 0.3) is 0 Å². The van der Waals surface area contributed by atoms with Crippen molar-refractivity contribution < 1.29 is 4.79 Å². The van der Waals surface area contributed by atoms with Crippen LogP contribution in [0.4, 0.5) is 0 Å². The van der Waals surface area contributed by atoms with Gasteiger partial charge in [-0.2, -0.15) is 0 Å². The van der Waals surface area contributed by atoms with Crippen LogP contribution in [0, 0.1) is 5.92 Å². The molecular formula is C10H19IN2O. The minimum Gasteiger partial charge on any atom is -0.356 e. The largest absolute Gasteiger partial charge is 0.356 e. The first-order valence-corrected chi connectivity index (χ1v) is 6.49. The number of hydrogen-bond acceptors (Lipinski definition) is 2. The third-order valence-electron chi connectivity index (χ3n) is 2.80. The lowest BCUT2D eigenvalue weighted by molar-refractivity contribution is -0.125. The molecule has 0 aromatic carbocycles. The third kappa shape index (κ3) is 3.73. The molecule has 1 aliphatic rings. The van der Waals surface area contributed by atoms with Crippen molar-refractivity contribution in [3.63, 3.8) is 0 Å². The van der Waals surface area contributed by atoms with Gasteiger partial charge >= 0.3 is 0 Å². The minimum atomic E-state index is 0.263. The molecule has 3 nitrogen and oxygen atoms in total. The molecule has 82 valence electrons. The van der Waals surface area contributed by atoms with Crippen molar-refractivity contribution in [2.45, 2.75) is 45.1 Å². The summed E-state index contributed by atoms with van der Waals surface area (Å²) in [6.07, 6.45) is 5.36. The lowest BCUT2D eigenvalue weighted by Gasteiger charge is -2.26. The second-order valence-corrected chi connectivity index (χ2v) is 4.57. The predicted molar refractivity (Wildman–Crippen MR) is 66.2 cm³/mol. The minimum absolute atomic E-state index is 0.263. The van der Waals surface area contributed by atoms with E-state index in [1.165, 1.54) is 0 Å². The highest BCUT2D eigenvalue weighted by molar-refractivity contribution is 14.1. The molecule has 2 N–H and O–H groups in total. The molecule has 1 rings (SSSR count). The van der Waals surface area contributed by atoms with E-state index in [4.69, 9.17) is 0 Å². The Morgan fingerprint density at radius 2 is 2.00 bits per heavy atom. The molecule has 0 unspecified atom stereocenters. The molecule has 0 spiro atoms. The average molecular weight is 310 g/mol.